The fraction of sp³-hybridized carbons (Fsp3) is 0.677. The summed E-state index contributed by atoms with van der Waals surface area (Å²) < 4.78 is 89.8. The first-order valence-electron chi connectivity index (χ1n) is 34.0. The quantitative estimate of drug-likeness (QED) is 0.0204. The van der Waals surface area contributed by atoms with Crippen molar-refractivity contribution in [2.24, 2.45) is 0 Å². The van der Waals surface area contributed by atoms with Crippen molar-refractivity contribution < 1.29 is 69.2 Å². The van der Waals surface area contributed by atoms with E-state index < -0.39 is 64.8 Å². The molecule has 6 fully saturated rings. The van der Waals surface area contributed by atoms with Crippen molar-refractivity contribution in [3.63, 3.8) is 0 Å². The molecule has 0 aromatic carbocycles. The van der Waals surface area contributed by atoms with Gasteiger partial charge in [0.05, 0.1) is 73.5 Å². The van der Waals surface area contributed by atoms with E-state index in [2.05, 4.69) is 61.8 Å². The monoisotopic (exact) mass is 1430 g/mol. The smallest absolute Gasteiger partial charge is 0.330 e. The third-order valence-electron chi connectivity index (χ3n) is 18.4. The molecule has 3 aliphatic heterocycles. The van der Waals surface area contributed by atoms with Crippen LogP contribution < -0.4 is 31.9 Å². The molecule has 3 saturated heterocycles. The van der Waals surface area contributed by atoms with Crippen LogP contribution in [-0.4, -0.2) is 232 Å². The number of carbonyl (C=O) groups excluding carboxylic acids is 3. The lowest BCUT2D eigenvalue weighted by Crippen LogP contribution is -2.42. The average molecular weight is 1430 g/mol. The highest BCUT2D eigenvalue weighted by Gasteiger charge is 2.40. The Morgan fingerprint density at radius 3 is 0.980 bits per heavy atom. The predicted octanol–water partition coefficient (Wildman–Crippen LogP) is 5.59. The summed E-state index contributed by atoms with van der Waals surface area (Å²) in [7, 11) is -9.55. The number of nitrogens with one attached hydrogen (secondary N) is 6. The SMILES string of the molecule is CCCCOC(=O)C=Cc1cnc(NC2CCN(S(C)(=O)=O)CC2)nc1N[C@@H]1CCC[C@@]1(C)O.CCOC(=O)/C=C/c1cnc(NC2CCN(S(C)(=O)=O)CC2)nc1N[C@@H]1CCC[C@@]1(C)O.CCOC(=O)C=Cc1cnc(NC2CCN(S(C)(=O)=O)CC2)nc1N[C@@H]1CCC[C@@]1(C)O. The zero-order chi connectivity index (χ0) is 71.5. The van der Waals surface area contributed by atoms with Gasteiger partial charge in [-0.1, -0.05) is 13.3 Å². The van der Waals surface area contributed by atoms with Gasteiger partial charge in [-0.25, -0.2) is 67.5 Å². The first-order chi connectivity index (χ1) is 46.2. The van der Waals surface area contributed by atoms with E-state index in [-0.39, 0.29) is 49.5 Å². The molecule has 3 aliphatic carbocycles. The van der Waals surface area contributed by atoms with Gasteiger partial charge in [-0.3, -0.25) is 0 Å². The summed E-state index contributed by atoms with van der Waals surface area (Å²) in [5, 5.41) is 51.9. The lowest BCUT2D eigenvalue weighted by molar-refractivity contribution is -0.138. The first-order valence-corrected chi connectivity index (χ1v) is 39.6. The van der Waals surface area contributed by atoms with Gasteiger partial charge in [0.2, 0.25) is 47.9 Å². The first kappa shape index (κ1) is 78.6. The van der Waals surface area contributed by atoms with Gasteiger partial charge >= 0.3 is 17.9 Å². The van der Waals surface area contributed by atoms with Crippen LogP contribution >= 0.6 is 0 Å². The number of nitrogens with zero attached hydrogens (tertiary/aromatic N) is 9. The van der Waals surface area contributed by atoms with Crippen molar-refractivity contribution in [1.29, 1.82) is 0 Å². The maximum atomic E-state index is 12.0. The molecule has 0 spiro atoms. The van der Waals surface area contributed by atoms with Crippen LogP contribution in [0.25, 0.3) is 18.2 Å². The molecule has 3 aromatic rings. The zero-order valence-corrected chi connectivity index (χ0v) is 60.5. The number of unbranched alkanes of at least 4 members (excludes halogenated alkanes) is 1. The molecule has 0 amide bonds. The molecule has 6 atom stereocenters. The number of hydrogen-bond donors (Lipinski definition) is 9. The number of rotatable bonds is 26. The van der Waals surface area contributed by atoms with Crippen molar-refractivity contribution in [1.82, 2.24) is 42.8 Å². The molecule has 0 bridgehead atoms. The van der Waals surface area contributed by atoms with E-state index >= 15 is 0 Å². The molecular formula is C65H103N15O15S3. The highest BCUT2D eigenvalue weighted by Crippen LogP contribution is 2.36. The Labute approximate surface area is 577 Å². The van der Waals surface area contributed by atoms with Crippen molar-refractivity contribution >= 4 is 102 Å². The Balaban J connectivity index is 0.000000207. The third kappa shape index (κ3) is 24.3. The van der Waals surface area contributed by atoms with Gasteiger partial charge in [-0.15, -0.1) is 0 Å². The van der Waals surface area contributed by atoms with Gasteiger partial charge in [0.25, 0.3) is 0 Å². The van der Waals surface area contributed by atoms with Crippen LogP contribution in [0.1, 0.15) is 167 Å². The molecule has 98 heavy (non-hydrogen) atoms. The molecule has 9 N–H and O–H groups in total. The Morgan fingerprint density at radius 1 is 0.469 bits per heavy atom. The highest BCUT2D eigenvalue weighted by molar-refractivity contribution is 7.88. The molecule has 6 heterocycles. The summed E-state index contributed by atoms with van der Waals surface area (Å²) in [6.45, 7) is 14.6. The molecule has 3 saturated carbocycles. The largest absolute Gasteiger partial charge is 0.463 e. The molecule has 30 nitrogen and oxygen atoms in total. The normalized spacial score (nSPS) is 24.9. The van der Waals surface area contributed by atoms with E-state index in [9.17, 15) is 55.0 Å². The Morgan fingerprint density at radius 2 is 0.745 bits per heavy atom. The second-order valence-electron chi connectivity index (χ2n) is 26.6. The van der Waals surface area contributed by atoms with E-state index in [1.165, 1.54) is 49.9 Å². The minimum absolute atomic E-state index is 0.0513. The average Bonchev–Trinajstić information content (AvgIpc) is 1.44. The van der Waals surface area contributed by atoms with Crippen molar-refractivity contribution in [3.8, 4) is 0 Å². The van der Waals surface area contributed by atoms with E-state index in [0.717, 1.165) is 51.4 Å². The van der Waals surface area contributed by atoms with Crippen LogP contribution in [0.2, 0.25) is 0 Å². The molecular weight excluding hydrogens is 1330 g/mol. The van der Waals surface area contributed by atoms with Gasteiger partial charge in [0.15, 0.2) is 0 Å². The maximum absolute atomic E-state index is 12.0. The minimum Gasteiger partial charge on any atom is -0.463 e. The van der Waals surface area contributed by atoms with Crippen molar-refractivity contribution in [2.45, 2.75) is 204 Å². The topological polar surface area (TPSA) is 401 Å². The summed E-state index contributed by atoms with van der Waals surface area (Å²) in [6.07, 6.45) is 30.3. The summed E-state index contributed by atoms with van der Waals surface area (Å²) >= 11 is 0. The number of carbonyl (C=O) groups is 3. The van der Waals surface area contributed by atoms with Crippen molar-refractivity contribution in [3.05, 3.63) is 53.5 Å². The van der Waals surface area contributed by atoms with Crippen LogP contribution in [-0.2, 0) is 58.7 Å². The Kier molecular flexibility index (Phi) is 28.5. The summed E-state index contributed by atoms with van der Waals surface area (Å²) in [6, 6.07) is -0.351. The van der Waals surface area contributed by atoms with Gasteiger partial charge in [0, 0.05) is 111 Å². The number of sulfonamides is 3. The van der Waals surface area contributed by atoms with Crippen LogP contribution in [0, 0.1) is 0 Å². The van der Waals surface area contributed by atoms with E-state index in [1.807, 2.05) is 27.7 Å². The number of ether oxygens (including phenoxy) is 3. The molecule has 33 heteroatoms. The maximum Gasteiger partial charge on any atom is 0.330 e. The zero-order valence-electron chi connectivity index (χ0n) is 58.0. The number of aromatic nitrogens is 6. The van der Waals surface area contributed by atoms with Crippen LogP contribution in [0.5, 0.6) is 0 Å². The van der Waals surface area contributed by atoms with Gasteiger partial charge in [-0.05, 0) is 156 Å². The van der Waals surface area contributed by atoms with Crippen molar-refractivity contribution in [2.75, 3.05) is 110 Å². The number of piperidine rings is 3. The fourth-order valence-corrected chi connectivity index (χ4v) is 15.1. The Bertz CT molecular complexity index is 3440. The number of esters is 3. The second kappa shape index (κ2) is 35.5. The Hall–Kier alpha value is -6.72. The molecule has 9 rings (SSSR count). The second-order valence-corrected chi connectivity index (χ2v) is 32.5. The fourth-order valence-electron chi connectivity index (χ4n) is 12.5. The lowest BCUT2D eigenvalue weighted by atomic mass is 10.0. The standard InChI is InChI=1S/C23H37N5O5S.2C21H33N5O5S/c1-4-5-15-33-20(29)9-8-17-16-24-22(25-18-10-13-28(14-11-18)34(3,31)32)27-21(17)26-19-7-6-12-23(19,2)30;2*1-4-31-18(27)8-7-15-14-22-20(23-16-9-12-26(13-10-16)32(3,29)30)25-19(15)24-17-6-5-11-21(17,2)28/h8-9,16,18-19,30H,4-7,10-15H2,1-3H3,(H2,24,25,26,27);2*7-8,14,16-17,28H,4-6,9-13H2,1-3H3,(H2,22,23,24,25)/b;8-7+;/t19-,23-;2*17-,21-/m111/s1. The predicted molar refractivity (Wildman–Crippen MR) is 377 cm³/mol. The van der Waals surface area contributed by atoms with Crippen LogP contribution in [0.3, 0.4) is 0 Å². The molecule has 0 radical (unpaired) electrons. The van der Waals surface area contributed by atoms with Crippen LogP contribution in [0.4, 0.5) is 35.3 Å². The van der Waals surface area contributed by atoms with E-state index in [4.69, 9.17) is 14.2 Å². The summed E-state index contributed by atoms with van der Waals surface area (Å²) in [4.78, 5) is 62.5. The number of anilines is 6. The summed E-state index contributed by atoms with van der Waals surface area (Å²) in [5.74, 6) is 1.47. The van der Waals surface area contributed by atoms with E-state index in [0.29, 0.717) is 156 Å². The van der Waals surface area contributed by atoms with Gasteiger partial charge in [0.1, 0.15) is 17.5 Å². The number of aliphatic hydroxyl groups is 3. The molecule has 3 aromatic heterocycles. The van der Waals surface area contributed by atoms with Gasteiger partial charge < -0.3 is 61.4 Å². The number of hydrogen-bond acceptors (Lipinski definition) is 27. The molecule has 546 valence electrons. The minimum atomic E-state index is -3.18. The van der Waals surface area contributed by atoms with E-state index in [1.54, 1.807) is 50.7 Å². The lowest BCUT2D eigenvalue weighted by Gasteiger charge is -2.31. The third-order valence-corrected chi connectivity index (χ3v) is 22.4. The van der Waals surface area contributed by atoms with Crippen LogP contribution in [0.15, 0.2) is 36.8 Å². The van der Waals surface area contributed by atoms with Gasteiger partial charge in [-0.2, -0.15) is 15.0 Å². The molecule has 0 unspecified atom stereocenters. The highest BCUT2D eigenvalue weighted by atomic mass is 32.2. The molecule has 6 aliphatic rings. The summed E-state index contributed by atoms with van der Waals surface area (Å²) in [5.41, 5.74) is -0.709.